The molecule has 0 aliphatic heterocycles. The molecule has 0 heterocycles. The van der Waals surface area contributed by atoms with Crippen molar-refractivity contribution in [3.05, 3.63) is 29.8 Å². The number of phenolic OH excluding ortho intramolecular Hbond substituents is 1. The van der Waals surface area contributed by atoms with Crippen LogP contribution in [0.2, 0.25) is 0 Å². The Hall–Kier alpha value is -1.06. The molecule has 0 saturated heterocycles. The van der Waals surface area contributed by atoms with Crippen LogP contribution in [0, 0.1) is 0 Å². The number of rotatable bonds is 6. The van der Waals surface area contributed by atoms with Gasteiger partial charge in [-0.15, -0.1) is 0 Å². The van der Waals surface area contributed by atoms with Crippen molar-refractivity contribution in [2.45, 2.75) is 25.7 Å². The predicted octanol–water partition coefficient (Wildman–Crippen LogP) is 1.82. The molecule has 3 heteroatoms. The first-order valence-corrected chi connectivity index (χ1v) is 4.35. The van der Waals surface area contributed by atoms with Crippen molar-refractivity contribution >= 4 is 0 Å². The van der Waals surface area contributed by atoms with Crippen LogP contribution >= 0.6 is 0 Å². The van der Waals surface area contributed by atoms with Crippen LogP contribution in [0.3, 0.4) is 0 Å². The summed E-state index contributed by atoms with van der Waals surface area (Å²) in [5, 5.41) is 21.2. The molecule has 3 nitrogen and oxygen atoms in total. The second-order valence-electron chi connectivity index (χ2n) is 2.86. The molecule has 0 bridgehead atoms. The van der Waals surface area contributed by atoms with E-state index in [9.17, 15) is 5.11 Å². The van der Waals surface area contributed by atoms with Crippen molar-refractivity contribution in [1.29, 1.82) is 0 Å². The van der Waals surface area contributed by atoms with E-state index >= 15 is 0 Å². The minimum absolute atomic E-state index is 0.0311. The third-order valence-electron chi connectivity index (χ3n) is 1.79. The number of aliphatic hydroxyl groups excluding tert-OH is 1. The van der Waals surface area contributed by atoms with Gasteiger partial charge in [0.1, 0.15) is 5.75 Å². The molecular weight excluding hydrogens is 190 g/mol. The number of aliphatic hydroxyl groups is 1. The summed E-state index contributed by atoms with van der Waals surface area (Å²) >= 11 is 0. The summed E-state index contributed by atoms with van der Waals surface area (Å²) in [6, 6.07) is 5.38. The lowest BCUT2D eigenvalue weighted by Gasteiger charge is -2.11. The van der Waals surface area contributed by atoms with Crippen LogP contribution in [-0.4, -0.2) is 23.3 Å². The molecule has 3 N–H and O–H groups in total. The SMILES string of the molecule is [2H]C([2H])([2H])C([2H])([2H])C([2H])([2H])C([2H])([2H])NCC(O)c1ccc(O)cc1. The summed E-state index contributed by atoms with van der Waals surface area (Å²) in [7, 11) is 0. The summed E-state index contributed by atoms with van der Waals surface area (Å²) in [6.45, 7) is -6.93. The zero-order valence-corrected chi connectivity index (χ0v) is 7.99. The number of nitrogens with one attached hydrogen (secondary N) is 1. The molecule has 1 aromatic rings. The maximum absolute atomic E-state index is 9.97. The van der Waals surface area contributed by atoms with E-state index < -0.39 is 38.7 Å². The third kappa shape index (κ3) is 4.32. The molecule has 0 aliphatic carbocycles. The lowest BCUT2D eigenvalue weighted by atomic mass is 10.1. The maximum atomic E-state index is 9.97. The van der Waals surface area contributed by atoms with Gasteiger partial charge in [0.25, 0.3) is 0 Å². The molecule has 0 aromatic heterocycles. The Kier molecular flexibility index (Phi) is 1.90. The van der Waals surface area contributed by atoms with Gasteiger partial charge in [0.05, 0.1) is 6.10 Å². The lowest BCUT2D eigenvalue weighted by molar-refractivity contribution is 0.174. The molecule has 0 saturated carbocycles. The van der Waals surface area contributed by atoms with E-state index in [4.69, 9.17) is 17.4 Å². The molecule has 15 heavy (non-hydrogen) atoms. The molecule has 1 aromatic carbocycles. The third-order valence-corrected chi connectivity index (χ3v) is 1.79. The lowest BCUT2D eigenvalue weighted by Crippen LogP contribution is -2.22. The largest absolute Gasteiger partial charge is 0.508 e. The Morgan fingerprint density at radius 2 is 2.20 bits per heavy atom. The molecule has 1 atom stereocenters. The first kappa shape index (κ1) is 4.44. The van der Waals surface area contributed by atoms with E-state index in [1.54, 1.807) is 0 Å². The van der Waals surface area contributed by atoms with Crippen molar-refractivity contribution in [2.75, 3.05) is 13.0 Å². The molecule has 0 fully saturated rings. The van der Waals surface area contributed by atoms with Crippen LogP contribution in [-0.2, 0) is 0 Å². The van der Waals surface area contributed by atoms with Crippen molar-refractivity contribution in [1.82, 2.24) is 5.32 Å². The van der Waals surface area contributed by atoms with Crippen LogP contribution in [0.4, 0.5) is 0 Å². The summed E-state index contributed by atoms with van der Waals surface area (Å²) in [5.74, 6) is -0.0311. The normalized spacial score (nSPS) is 25.3. The van der Waals surface area contributed by atoms with Crippen molar-refractivity contribution < 1.29 is 22.5 Å². The number of hydrogen-bond donors (Lipinski definition) is 3. The van der Waals surface area contributed by atoms with Gasteiger partial charge in [-0.25, -0.2) is 0 Å². The Morgan fingerprint density at radius 3 is 2.87 bits per heavy atom. The zero-order valence-electron chi connectivity index (χ0n) is 17.0. The van der Waals surface area contributed by atoms with Gasteiger partial charge in [-0.05, 0) is 30.6 Å². The molecule has 1 unspecified atom stereocenters. The molecule has 0 aliphatic rings. The number of benzene rings is 1. The van der Waals surface area contributed by atoms with Gasteiger partial charge in [-0.2, -0.15) is 0 Å². The fraction of sp³-hybridized carbons (Fsp3) is 0.500. The summed E-state index contributed by atoms with van der Waals surface area (Å²) in [6.07, 6.45) is -8.13. The summed E-state index contributed by atoms with van der Waals surface area (Å²) in [4.78, 5) is 0. The second kappa shape index (κ2) is 6.43. The van der Waals surface area contributed by atoms with Gasteiger partial charge < -0.3 is 15.5 Å². The Morgan fingerprint density at radius 1 is 1.47 bits per heavy atom. The highest BCUT2D eigenvalue weighted by atomic mass is 16.3. The van der Waals surface area contributed by atoms with Crippen LogP contribution in [0.25, 0.3) is 0 Å². The fourth-order valence-corrected chi connectivity index (χ4v) is 1.04. The van der Waals surface area contributed by atoms with Crippen molar-refractivity contribution in [3.8, 4) is 5.75 Å². The van der Waals surface area contributed by atoms with E-state index in [1.165, 1.54) is 24.3 Å². The topological polar surface area (TPSA) is 52.5 Å². The van der Waals surface area contributed by atoms with Gasteiger partial charge in [-0.3, -0.25) is 0 Å². The quantitative estimate of drug-likeness (QED) is 0.682. The van der Waals surface area contributed by atoms with Gasteiger partial charge in [-0.1, -0.05) is 25.4 Å². The minimum Gasteiger partial charge on any atom is -0.508 e. The summed E-state index contributed by atoms with van der Waals surface area (Å²) in [5.41, 5.74) is 0.315. The van der Waals surface area contributed by atoms with E-state index in [1.807, 2.05) is 5.32 Å². The first-order chi connectivity index (χ1) is 10.6. The zero-order chi connectivity index (χ0) is 19.0. The van der Waals surface area contributed by atoms with Crippen LogP contribution < -0.4 is 5.32 Å². The van der Waals surface area contributed by atoms with Crippen LogP contribution in [0.15, 0.2) is 24.3 Å². The van der Waals surface area contributed by atoms with Gasteiger partial charge in [0.2, 0.25) is 0 Å². The average Bonchev–Trinajstić information content (AvgIpc) is 2.44. The van der Waals surface area contributed by atoms with Crippen LogP contribution in [0.1, 0.15) is 43.6 Å². The first-order valence-electron chi connectivity index (χ1n) is 8.85. The van der Waals surface area contributed by atoms with Gasteiger partial charge in [0, 0.05) is 18.9 Å². The van der Waals surface area contributed by atoms with Crippen molar-refractivity contribution in [3.63, 3.8) is 0 Å². The smallest absolute Gasteiger partial charge is 0.115 e. The number of aromatic hydroxyl groups is 1. The molecule has 84 valence electrons. The van der Waals surface area contributed by atoms with E-state index in [0.717, 1.165) is 0 Å². The molecule has 1 rings (SSSR count). The Labute approximate surface area is 103 Å². The van der Waals surface area contributed by atoms with Gasteiger partial charge >= 0.3 is 0 Å². The molecule has 0 spiro atoms. The van der Waals surface area contributed by atoms with E-state index in [-0.39, 0.29) is 5.75 Å². The number of hydrogen-bond acceptors (Lipinski definition) is 3. The monoisotopic (exact) mass is 218 g/mol. The Bertz CT molecular complexity index is 557. The minimum atomic E-state index is -3.46. The molecule has 0 amide bonds. The highest BCUT2D eigenvalue weighted by Gasteiger charge is 2.05. The van der Waals surface area contributed by atoms with E-state index in [0.29, 0.717) is 5.56 Å². The average molecular weight is 218 g/mol. The standard InChI is InChI=1S/C12H19NO2/c1-2-3-8-13-9-12(15)10-4-6-11(14)7-5-10/h4-7,12-15H,2-3,8-9H2,1H3/i1D3,2D2,3D2,8D2. The fourth-order valence-electron chi connectivity index (χ4n) is 1.04. The molecule has 0 radical (unpaired) electrons. The predicted molar refractivity (Wildman–Crippen MR) is 60.8 cm³/mol. The highest BCUT2D eigenvalue weighted by Crippen LogP contribution is 2.15. The van der Waals surface area contributed by atoms with Gasteiger partial charge in [0.15, 0.2) is 0 Å². The second-order valence-corrected chi connectivity index (χ2v) is 2.86. The number of phenols is 1. The molecular formula is C12H19NO2. The highest BCUT2D eigenvalue weighted by molar-refractivity contribution is 5.27. The summed E-state index contributed by atoms with van der Waals surface area (Å²) < 4.78 is 66.9. The van der Waals surface area contributed by atoms with Crippen LogP contribution in [0.5, 0.6) is 5.75 Å². The van der Waals surface area contributed by atoms with Crippen molar-refractivity contribution in [2.24, 2.45) is 0 Å². The maximum Gasteiger partial charge on any atom is 0.115 e. The van der Waals surface area contributed by atoms with E-state index in [2.05, 4.69) is 0 Å². The Balaban J connectivity index is 2.90.